The first kappa shape index (κ1) is 10.4. The average Bonchev–Trinajstić information content (AvgIpc) is 2.71. The van der Waals surface area contributed by atoms with E-state index in [0.717, 1.165) is 19.4 Å². The lowest BCUT2D eigenvalue weighted by atomic mass is 10.0. The smallest absolute Gasteiger partial charge is 0.133 e. The monoisotopic (exact) mass is 209 g/mol. The summed E-state index contributed by atoms with van der Waals surface area (Å²) in [4.78, 5) is 0. The maximum atomic E-state index is 13.7. The van der Waals surface area contributed by atoms with Crippen molar-refractivity contribution in [3.05, 3.63) is 29.1 Å². The van der Waals surface area contributed by atoms with E-state index in [9.17, 15) is 9.50 Å². The van der Waals surface area contributed by atoms with E-state index in [1.807, 2.05) is 0 Å². The number of benzene rings is 1. The Balaban J connectivity index is 2.22. The predicted octanol–water partition coefficient (Wildman–Crippen LogP) is 2.13. The summed E-state index contributed by atoms with van der Waals surface area (Å²) < 4.78 is 13.7. The van der Waals surface area contributed by atoms with Crippen molar-refractivity contribution in [3.63, 3.8) is 0 Å². The quantitative estimate of drug-likeness (QED) is 0.782. The largest absolute Gasteiger partial charge is 0.508 e. The summed E-state index contributed by atoms with van der Waals surface area (Å²) in [5.74, 6) is -0.185. The van der Waals surface area contributed by atoms with Gasteiger partial charge >= 0.3 is 0 Å². The Kier molecular flexibility index (Phi) is 2.91. The summed E-state index contributed by atoms with van der Waals surface area (Å²) in [6.07, 6.45) is 2.78. The summed E-state index contributed by atoms with van der Waals surface area (Å²) in [7, 11) is 0. The van der Waals surface area contributed by atoms with E-state index >= 15 is 0 Å². The molecule has 1 aromatic carbocycles. The van der Waals surface area contributed by atoms with Gasteiger partial charge in [0.1, 0.15) is 11.6 Å². The zero-order valence-electron chi connectivity index (χ0n) is 8.89. The van der Waals surface area contributed by atoms with Crippen LogP contribution in [0.15, 0.2) is 12.1 Å². The van der Waals surface area contributed by atoms with E-state index in [1.165, 1.54) is 0 Å². The molecule has 2 rings (SSSR count). The molecule has 0 radical (unpaired) electrons. The van der Waals surface area contributed by atoms with Crippen LogP contribution in [0.2, 0.25) is 0 Å². The molecule has 0 aromatic heterocycles. The molecule has 0 bridgehead atoms. The van der Waals surface area contributed by atoms with Gasteiger partial charge in [-0.1, -0.05) is 6.07 Å². The fraction of sp³-hybridized carbons (Fsp3) is 0.500. The van der Waals surface area contributed by atoms with Crippen molar-refractivity contribution in [1.29, 1.82) is 0 Å². The SMILES string of the molecule is Cc1ccc(O)c(CC2CCCN2)c1F. The first-order valence-corrected chi connectivity index (χ1v) is 5.39. The Morgan fingerprint density at radius 2 is 2.33 bits per heavy atom. The third-order valence-electron chi connectivity index (χ3n) is 3.02. The van der Waals surface area contributed by atoms with Crippen molar-refractivity contribution >= 4 is 0 Å². The minimum Gasteiger partial charge on any atom is -0.508 e. The van der Waals surface area contributed by atoms with Gasteiger partial charge in [0.25, 0.3) is 0 Å². The minimum atomic E-state index is -0.260. The van der Waals surface area contributed by atoms with Gasteiger partial charge in [0.15, 0.2) is 0 Å². The van der Waals surface area contributed by atoms with Gasteiger partial charge < -0.3 is 10.4 Å². The highest BCUT2D eigenvalue weighted by Crippen LogP contribution is 2.25. The van der Waals surface area contributed by atoms with E-state index in [2.05, 4.69) is 5.32 Å². The molecule has 1 aromatic rings. The van der Waals surface area contributed by atoms with Crippen LogP contribution >= 0.6 is 0 Å². The lowest BCUT2D eigenvalue weighted by Gasteiger charge is -2.13. The van der Waals surface area contributed by atoms with Crippen molar-refractivity contribution in [2.24, 2.45) is 0 Å². The maximum absolute atomic E-state index is 13.7. The van der Waals surface area contributed by atoms with Gasteiger partial charge in [0.2, 0.25) is 0 Å². The second-order valence-electron chi connectivity index (χ2n) is 4.19. The molecule has 1 aliphatic rings. The number of halogens is 1. The van der Waals surface area contributed by atoms with Crippen molar-refractivity contribution in [2.75, 3.05) is 6.54 Å². The molecule has 3 heteroatoms. The van der Waals surface area contributed by atoms with E-state index < -0.39 is 0 Å². The number of rotatable bonds is 2. The van der Waals surface area contributed by atoms with Crippen LogP contribution in [-0.2, 0) is 6.42 Å². The predicted molar refractivity (Wildman–Crippen MR) is 57.5 cm³/mol. The highest BCUT2D eigenvalue weighted by Gasteiger charge is 2.19. The Morgan fingerprint density at radius 3 is 3.00 bits per heavy atom. The zero-order chi connectivity index (χ0) is 10.8. The molecule has 15 heavy (non-hydrogen) atoms. The minimum absolute atomic E-state index is 0.0757. The number of nitrogens with one attached hydrogen (secondary N) is 1. The molecule has 2 N–H and O–H groups in total. The van der Waals surface area contributed by atoms with E-state index in [0.29, 0.717) is 23.6 Å². The number of aryl methyl sites for hydroxylation is 1. The van der Waals surface area contributed by atoms with Gasteiger partial charge in [0.05, 0.1) is 0 Å². The molecule has 1 saturated heterocycles. The van der Waals surface area contributed by atoms with Crippen LogP contribution in [0.4, 0.5) is 4.39 Å². The van der Waals surface area contributed by atoms with Crippen molar-refractivity contribution in [3.8, 4) is 5.75 Å². The molecular formula is C12H16FNO. The molecule has 2 nitrogen and oxygen atoms in total. The molecule has 0 spiro atoms. The first-order chi connectivity index (χ1) is 7.18. The van der Waals surface area contributed by atoms with Gasteiger partial charge in [-0.15, -0.1) is 0 Å². The van der Waals surface area contributed by atoms with Gasteiger partial charge in [0, 0.05) is 11.6 Å². The molecular weight excluding hydrogens is 193 g/mol. The Hall–Kier alpha value is -1.09. The molecule has 1 fully saturated rings. The second kappa shape index (κ2) is 4.19. The van der Waals surface area contributed by atoms with Crippen LogP contribution < -0.4 is 5.32 Å². The normalized spacial score (nSPS) is 20.8. The maximum Gasteiger partial charge on any atom is 0.133 e. The Labute approximate surface area is 89.1 Å². The van der Waals surface area contributed by atoms with Crippen LogP contribution in [0.5, 0.6) is 5.75 Å². The zero-order valence-corrected chi connectivity index (χ0v) is 8.89. The second-order valence-corrected chi connectivity index (χ2v) is 4.19. The molecule has 1 aliphatic heterocycles. The molecule has 0 amide bonds. The topological polar surface area (TPSA) is 32.3 Å². The number of aromatic hydroxyl groups is 1. The van der Waals surface area contributed by atoms with Gasteiger partial charge in [-0.2, -0.15) is 0 Å². The summed E-state index contributed by atoms with van der Waals surface area (Å²) in [5, 5.41) is 12.9. The van der Waals surface area contributed by atoms with Crippen molar-refractivity contribution < 1.29 is 9.50 Å². The summed E-state index contributed by atoms with van der Waals surface area (Å²) >= 11 is 0. The molecule has 82 valence electrons. The highest BCUT2D eigenvalue weighted by atomic mass is 19.1. The fourth-order valence-corrected chi connectivity index (χ4v) is 2.10. The van der Waals surface area contributed by atoms with E-state index in [-0.39, 0.29) is 11.6 Å². The third kappa shape index (κ3) is 2.12. The molecule has 1 heterocycles. The highest BCUT2D eigenvalue weighted by molar-refractivity contribution is 5.38. The number of phenols is 1. The van der Waals surface area contributed by atoms with Gasteiger partial charge in [-0.3, -0.25) is 0 Å². The number of phenolic OH excluding ortho intramolecular Hbond substituents is 1. The van der Waals surface area contributed by atoms with Crippen LogP contribution in [-0.4, -0.2) is 17.7 Å². The Bertz CT molecular complexity index is 359. The van der Waals surface area contributed by atoms with Crippen LogP contribution in [0.1, 0.15) is 24.0 Å². The number of hydrogen-bond acceptors (Lipinski definition) is 2. The fourth-order valence-electron chi connectivity index (χ4n) is 2.10. The summed E-state index contributed by atoms with van der Waals surface area (Å²) in [6, 6.07) is 3.49. The van der Waals surface area contributed by atoms with Gasteiger partial charge in [-0.25, -0.2) is 4.39 Å². The van der Waals surface area contributed by atoms with Crippen LogP contribution in [0.25, 0.3) is 0 Å². The van der Waals surface area contributed by atoms with Gasteiger partial charge in [-0.05, 0) is 44.4 Å². The summed E-state index contributed by atoms with van der Waals surface area (Å²) in [6.45, 7) is 2.72. The molecule has 1 unspecified atom stereocenters. The third-order valence-corrected chi connectivity index (χ3v) is 3.02. The molecule has 1 atom stereocenters. The lowest BCUT2D eigenvalue weighted by Crippen LogP contribution is -2.24. The Morgan fingerprint density at radius 1 is 1.53 bits per heavy atom. The van der Waals surface area contributed by atoms with E-state index in [4.69, 9.17) is 0 Å². The van der Waals surface area contributed by atoms with Crippen LogP contribution in [0.3, 0.4) is 0 Å². The lowest BCUT2D eigenvalue weighted by molar-refractivity contribution is 0.449. The number of hydrogen-bond donors (Lipinski definition) is 2. The van der Waals surface area contributed by atoms with E-state index in [1.54, 1.807) is 19.1 Å². The standard InChI is InChI=1S/C12H16FNO/c1-8-4-5-11(15)10(12(8)13)7-9-3-2-6-14-9/h4-5,9,14-15H,2-3,6-7H2,1H3. The molecule has 0 aliphatic carbocycles. The van der Waals surface area contributed by atoms with Crippen molar-refractivity contribution in [1.82, 2.24) is 5.32 Å². The average molecular weight is 209 g/mol. The summed E-state index contributed by atoms with van der Waals surface area (Å²) in [5.41, 5.74) is 1.05. The first-order valence-electron chi connectivity index (χ1n) is 5.39. The van der Waals surface area contributed by atoms with Crippen molar-refractivity contribution in [2.45, 2.75) is 32.2 Å². The molecule has 0 saturated carbocycles. The van der Waals surface area contributed by atoms with Crippen LogP contribution in [0, 0.1) is 12.7 Å².